The maximum absolute atomic E-state index is 11.9. The molecular weight excluding hydrogens is 332 g/mol. The molecule has 1 rings (SSSR count). The topological polar surface area (TPSA) is 89.3 Å². The first-order valence-electron chi connectivity index (χ1n) is 5.76. The molecule has 3 N–H and O–H groups in total. The van der Waals surface area contributed by atoms with E-state index < -0.39 is 10.0 Å². The van der Waals surface area contributed by atoms with Crippen LogP contribution in [0.4, 0.5) is 5.69 Å². The second-order valence-electron chi connectivity index (χ2n) is 4.71. The summed E-state index contributed by atoms with van der Waals surface area (Å²) >= 11 is 3.13. The van der Waals surface area contributed by atoms with Crippen molar-refractivity contribution in [3.05, 3.63) is 22.7 Å². The summed E-state index contributed by atoms with van der Waals surface area (Å²) in [6.45, 7) is 5.77. The van der Waals surface area contributed by atoms with Crippen molar-refractivity contribution in [2.45, 2.75) is 25.7 Å². The van der Waals surface area contributed by atoms with E-state index in [0.717, 1.165) is 0 Å². The molecule has 1 unspecified atom stereocenters. The van der Waals surface area contributed by atoms with Gasteiger partial charge in [-0.25, -0.2) is 13.6 Å². The minimum Gasteiger partial charge on any atom is -0.326 e. The minimum absolute atomic E-state index is 0.0117. The maximum atomic E-state index is 11.9. The zero-order valence-corrected chi connectivity index (χ0v) is 13.4. The van der Waals surface area contributed by atoms with Crippen molar-refractivity contribution >= 4 is 37.5 Å². The lowest BCUT2D eigenvalue weighted by atomic mass is 9.97. The molecule has 1 atom stereocenters. The molecule has 1 aromatic rings. The number of amides is 1. The molecule has 0 aliphatic heterocycles. The zero-order valence-electron chi connectivity index (χ0n) is 11.0. The predicted octanol–water partition coefficient (Wildman–Crippen LogP) is 2.33. The van der Waals surface area contributed by atoms with Crippen LogP contribution in [0.1, 0.15) is 20.8 Å². The van der Waals surface area contributed by atoms with Crippen LogP contribution in [-0.4, -0.2) is 14.3 Å². The molecule has 7 heteroatoms. The molecule has 0 saturated carbocycles. The van der Waals surface area contributed by atoms with E-state index in [2.05, 4.69) is 21.2 Å². The zero-order chi connectivity index (χ0) is 14.8. The highest BCUT2D eigenvalue weighted by Gasteiger charge is 2.18. The van der Waals surface area contributed by atoms with E-state index in [1.165, 1.54) is 18.2 Å². The van der Waals surface area contributed by atoms with Crippen LogP contribution < -0.4 is 10.5 Å². The second kappa shape index (κ2) is 6.02. The molecule has 1 aromatic carbocycles. The number of carbonyl (C=O) groups excluding carboxylic acids is 1. The van der Waals surface area contributed by atoms with Gasteiger partial charge in [-0.1, -0.05) is 20.8 Å². The Kier molecular flexibility index (Phi) is 5.11. The van der Waals surface area contributed by atoms with Crippen molar-refractivity contribution in [2.24, 2.45) is 17.0 Å². The number of hydrogen-bond donors (Lipinski definition) is 2. The third kappa shape index (κ3) is 4.29. The van der Waals surface area contributed by atoms with Gasteiger partial charge in [-0.15, -0.1) is 0 Å². The lowest BCUT2D eigenvalue weighted by Crippen LogP contribution is -2.24. The number of nitrogens with one attached hydrogen (secondary N) is 1. The van der Waals surface area contributed by atoms with Gasteiger partial charge in [-0.05, 0) is 40.0 Å². The van der Waals surface area contributed by atoms with E-state index >= 15 is 0 Å². The average molecular weight is 349 g/mol. The van der Waals surface area contributed by atoms with Gasteiger partial charge in [0.15, 0.2) is 0 Å². The number of nitrogens with two attached hydrogens (primary N) is 1. The van der Waals surface area contributed by atoms with Crippen molar-refractivity contribution in [3.63, 3.8) is 0 Å². The van der Waals surface area contributed by atoms with E-state index in [4.69, 9.17) is 5.14 Å². The number of halogens is 1. The summed E-state index contributed by atoms with van der Waals surface area (Å²) < 4.78 is 22.8. The standard InChI is InChI=1S/C12H17BrN2O3S/c1-7(2)8(3)12(16)15-9-4-5-11(10(13)6-9)19(14,17)18/h4-8H,1-3H3,(H,15,16)(H2,14,17,18). The highest BCUT2D eigenvalue weighted by Crippen LogP contribution is 2.25. The van der Waals surface area contributed by atoms with Crippen LogP contribution in [0.3, 0.4) is 0 Å². The SMILES string of the molecule is CC(C)C(C)C(=O)Nc1ccc(S(N)(=O)=O)c(Br)c1. The van der Waals surface area contributed by atoms with E-state index in [0.29, 0.717) is 10.2 Å². The van der Waals surface area contributed by atoms with Crippen molar-refractivity contribution in [2.75, 3.05) is 5.32 Å². The summed E-state index contributed by atoms with van der Waals surface area (Å²) in [5, 5.41) is 7.79. The summed E-state index contributed by atoms with van der Waals surface area (Å²) in [5.41, 5.74) is 0.525. The van der Waals surface area contributed by atoms with Gasteiger partial charge in [0.2, 0.25) is 15.9 Å². The highest BCUT2D eigenvalue weighted by molar-refractivity contribution is 9.10. The summed E-state index contributed by atoms with van der Waals surface area (Å²) in [7, 11) is -3.77. The first kappa shape index (κ1) is 16.1. The summed E-state index contributed by atoms with van der Waals surface area (Å²) in [6, 6.07) is 4.38. The minimum atomic E-state index is -3.77. The Morgan fingerprint density at radius 1 is 1.32 bits per heavy atom. The van der Waals surface area contributed by atoms with Gasteiger partial charge in [0.05, 0.1) is 4.90 Å². The van der Waals surface area contributed by atoms with Crippen LogP contribution in [0.15, 0.2) is 27.6 Å². The van der Waals surface area contributed by atoms with Crippen molar-refractivity contribution < 1.29 is 13.2 Å². The van der Waals surface area contributed by atoms with Gasteiger partial charge in [0, 0.05) is 16.1 Å². The normalized spacial score (nSPS) is 13.4. The van der Waals surface area contributed by atoms with Crippen LogP contribution in [0.2, 0.25) is 0 Å². The maximum Gasteiger partial charge on any atom is 0.239 e. The molecule has 0 radical (unpaired) electrons. The number of anilines is 1. The molecular formula is C12H17BrN2O3S. The van der Waals surface area contributed by atoms with Crippen LogP contribution in [0, 0.1) is 11.8 Å². The summed E-state index contributed by atoms with van der Waals surface area (Å²) in [4.78, 5) is 11.9. The fourth-order valence-electron chi connectivity index (χ4n) is 1.37. The first-order chi connectivity index (χ1) is 8.62. The third-order valence-corrected chi connectivity index (χ3v) is 4.81. The molecule has 0 fully saturated rings. The molecule has 106 valence electrons. The lowest BCUT2D eigenvalue weighted by Gasteiger charge is -2.15. The Hall–Kier alpha value is -0.920. The third-order valence-electron chi connectivity index (χ3n) is 2.92. The largest absolute Gasteiger partial charge is 0.326 e. The fraction of sp³-hybridized carbons (Fsp3) is 0.417. The summed E-state index contributed by atoms with van der Waals surface area (Å²) in [5.74, 6) is -0.00548. The lowest BCUT2D eigenvalue weighted by molar-refractivity contribution is -0.120. The van der Waals surface area contributed by atoms with Crippen molar-refractivity contribution in [1.82, 2.24) is 0 Å². The second-order valence-corrected chi connectivity index (χ2v) is 7.10. The van der Waals surface area contributed by atoms with Gasteiger partial charge in [0.25, 0.3) is 0 Å². The first-order valence-corrected chi connectivity index (χ1v) is 8.10. The molecule has 0 aliphatic rings. The quantitative estimate of drug-likeness (QED) is 0.874. The Morgan fingerprint density at radius 2 is 1.89 bits per heavy atom. The average Bonchev–Trinajstić information content (AvgIpc) is 2.25. The van der Waals surface area contributed by atoms with Crippen molar-refractivity contribution in [1.29, 1.82) is 0 Å². The number of benzene rings is 1. The van der Waals surface area contributed by atoms with Crippen LogP contribution >= 0.6 is 15.9 Å². The smallest absolute Gasteiger partial charge is 0.239 e. The number of primary sulfonamides is 1. The van der Waals surface area contributed by atoms with E-state index in [1.54, 1.807) is 0 Å². The molecule has 5 nitrogen and oxygen atoms in total. The molecule has 0 bridgehead atoms. The van der Waals surface area contributed by atoms with E-state index in [9.17, 15) is 13.2 Å². The molecule has 1 amide bonds. The fourth-order valence-corrected chi connectivity index (χ4v) is 3.01. The van der Waals surface area contributed by atoms with Gasteiger partial charge >= 0.3 is 0 Å². The number of rotatable bonds is 4. The van der Waals surface area contributed by atoms with Crippen molar-refractivity contribution in [3.8, 4) is 0 Å². The summed E-state index contributed by atoms with van der Waals surface area (Å²) in [6.07, 6.45) is 0. The van der Waals surface area contributed by atoms with Crippen LogP contribution in [0.25, 0.3) is 0 Å². The Labute approximate surface area is 121 Å². The van der Waals surface area contributed by atoms with Gasteiger partial charge < -0.3 is 5.32 Å². The molecule has 0 spiro atoms. The van der Waals surface area contributed by atoms with E-state index in [-0.39, 0.29) is 22.6 Å². The Balaban J connectivity index is 2.95. The number of carbonyl (C=O) groups is 1. The Bertz CT molecular complexity index is 585. The number of sulfonamides is 1. The van der Waals surface area contributed by atoms with Crippen LogP contribution in [0.5, 0.6) is 0 Å². The van der Waals surface area contributed by atoms with Crippen LogP contribution in [-0.2, 0) is 14.8 Å². The van der Waals surface area contributed by atoms with Gasteiger partial charge in [-0.2, -0.15) is 0 Å². The molecule has 0 saturated heterocycles. The molecule has 0 aliphatic carbocycles. The predicted molar refractivity (Wildman–Crippen MR) is 78.1 cm³/mol. The number of hydrogen-bond acceptors (Lipinski definition) is 3. The monoisotopic (exact) mass is 348 g/mol. The van der Waals surface area contributed by atoms with Gasteiger partial charge in [-0.3, -0.25) is 4.79 Å². The highest BCUT2D eigenvalue weighted by atomic mass is 79.9. The molecule has 0 aromatic heterocycles. The van der Waals surface area contributed by atoms with Gasteiger partial charge in [0.1, 0.15) is 0 Å². The Morgan fingerprint density at radius 3 is 2.32 bits per heavy atom. The molecule has 0 heterocycles. The van der Waals surface area contributed by atoms with E-state index in [1.807, 2.05) is 20.8 Å². The molecule has 19 heavy (non-hydrogen) atoms.